The number of piperidine rings is 1. The van der Waals surface area contributed by atoms with E-state index in [9.17, 15) is 56.4 Å². The second-order valence-corrected chi connectivity index (χ2v) is 33.2. The van der Waals surface area contributed by atoms with Gasteiger partial charge in [-0.15, -0.1) is 0 Å². The molecule has 1 atom stereocenters. The zero-order chi connectivity index (χ0) is 94.8. The van der Waals surface area contributed by atoms with Crippen molar-refractivity contribution in [1.29, 1.82) is 0 Å². The summed E-state index contributed by atoms with van der Waals surface area (Å²) in [6, 6.07) is 68.0. The molecule has 1 aliphatic rings. The van der Waals surface area contributed by atoms with Crippen molar-refractivity contribution in [2.24, 2.45) is 5.92 Å². The van der Waals surface area contributed by atoms with Crippen molar-refractivity contribution in [3.8, 4) is 34.1 Å². The monoisotopic (exact) mass is 1820 g/mol. The van der Waals surface area contributed by atoms with E-state index in [1.54, 1.807) is 159 Å². The predicted octanol–water partition coefficient (Wildman–Crippen LogP) is 12.8. The number of amides is 3. The Kier molecular flexibility index (Phi) is 33.4. The fraction of sp³-hybridized carbons (Fsp3) is 0.220. The van der Waals surface area contributed by atoms with Crippen molar-refractivity contribution in [1.82, 2.24) is 53.5 Å². The minimum absolute atomic E-state index is 0.0230. The number of rotatable bonds is 28. The van der Waals surface area contributed by atoms with Crippen LogP contribution in [0, 0.1) is 5.92 Å². The number of hydroxylamine groups is 3. The first kappa shape index (κ1) is 96.8. The molecule has 32 nitrogen and oxygen atoms in total. The van der Waals surface area contributed by atoms with Crippen LogP contribution in [0.25, 0.3) is 65.3 Å². The quantitative estimate of drug-likeness (QED) is 0.0128. The number of nitrogens with one attached hydrogen (secondary N) is 3. The molecule has 6 heterocycles. The molecule has 1 unspecified atom stereocenters. The molecule has 0 spiro atoms. The van der Waals surface area contributed by atoms with E-state index in [0.29, 0.717) is 124 Å². The van der Waals surface area contributed by atoms with Gasteiger partial charge in [0.15, 0.2) is 11.6 Å². The van der Waals surface area contributed by atoms with Gasteiger partial charge in [-0.2, -0.15) is 4.31 Å². The maximum absolute atomic E-state index is 13.1. The van der Waals surface area contributed by atoms with Crippen molar-refractivity contribution in [3.05, 3.63) is 359 Å². The van der Waals surface area contributed by atoms with Crippen LogP contribution < -0.4 is 63.2 Å². The maximum atomic E-state index is 13.1. The minimum atomic E-state index is -3.49. The Bertz CT molecular complexity index is 7160. The lowest BCUT2D eigenvalue weighted by Crippen LogP contribution is -2.35. The van der Waals surface area contributed by atoms with Crippen LogP contribution in [-0.2, 0) is 42.8 Å². The summed E-state index contributed by atoms with van der Waals surface area (Å²) in [6.45, 7) is 10.6. The number of nitrogens with zero attached hydrogens (tertiary/aromatic N) is 8. The Morgan fingerprint density at radius 3 is 1.47 bits per heavy atom. The average molecular weight is 1820 g/mol. The minimum Gasteiger partial charge on any atom is -0.497 e. The number of benzene rings is 10. The molecule has 0 aliphatic carbocycles. The molecule has 1 aliphatic heterocycles. The Labute approximate surface area is 762 Å². The van der Waals surface area contributed by atoms with Gasteiger partial charge in [-0.3, -0.25) is 72.7 Å². The van der Waals surface area contributed by atoms with Crippen molar-refractivity contribution < 1.29 is 77.2 Å². The van der Waals surface area contributed by atoms with Crippen LogP contribution in [0.4, 0.5) is 0 Å². The summed E-state index contributed by atoms with van der Waals surface area (Å²) in [5.41, 5.74) is 9.63. The van der Waals surface area contributed by atoms with Gasteiger partial charge in [0.25, 0.3) is 45.5 Å². The predicted molar refractivity (Wildman–Crippen MR) is 502 cm³/mol. The van der Waals surface area contributed by atoms with Crippen LogP contribution in [0.5, 0.6) is 23.0 Å². The van der Waals surface area contributed by atoms with Gasteiger partial charge in [0, 0.05) is 94.3 Å². The van der Waals surface area contributed by atoms with Crippen LogP contribution in [0.1, 0.15) is 122 Å². The van der Waals surface area contributed by atoms with Crippen molar-refractivity contribution in [3.63, 3.8) is 0 Å². The van der Waals surface area contributed by atoms with E-state index in [4.69, 9.17) is 44.8 Å². The number of hydrogen-bond acceptors (Lipinski definition) is 23. The zero-order valence-corrected chi connectivity index (χ0v) is 74.2. The van der Waals surface area contributed by atoms with Crippen LogP contribution in [0.15, 0.2) is 297 Å². The van der Waals surface area contributed by atoms with Gasteiger partial charge in [-0.05, 0) is 211 Å². The summed E-state index contributed by atoms with van der Waals surface area (Å²) in [6.07, 6.45) is 12.0. The summed E-state index contributed by atoms with van der Waals surface area (Å²) in [4.78, 5) is 130. The number of hydrogen-bond donors (Lipinski definition) is 8. The number of carbonyl (C=O) groups is 5. The van der Waals surface area contributed by atoms with Crippen LogP contribution in [0.2, 0.25) is 0 Å². The average Bonchev–Trinajstić information content (AvgIpc) is 0.812. The van der Waals surface area contributed by atoms with E-state index in [1.165, 1.54) is 68.8 Å². The summed E-state index contributed by atoms with van der Waals surface area (Å²) in [5, 5.41) is 48.4. The number of pyridine rings is 3. The molecule has 15 aromatic rings. The normalized spacial score (nSPS) is 12.1. The smallest absolute Gasteiger partial charge is 0.274 e. The first-order valence-electron chi connectivity index (χ1n) is 42.6. The van der Waals surface area contributed by atoms with E-state index in [2.05, 4.69) is 23.8 Å². The van der Waals surface area contributed by atoms with Crippen molar-refractivity contribution in [2.45, 2.75) is 97.1 Å². The molecule has 8 N–H and O–H groups in total. The Balaban J connectivity index is 0.000000154. The second kappa shape index (κ2) is 45.8. The van der Waals surface area contributed by atoms with Gasteiger partial charge in [-0.25, -0.2) is 34.8 Å². The fourth-order valence-electron chi connectivity index (χ4n) is 14.4. The highest BCUT2D eigenvalue weighted by Crippen LogP contribution is 2.28. The third kappa shape index (κ3) is 24.7. The maximum Gasteiger partial charge on any atom is 0.274 e. The molecule has 686 valence electrons. The lowest BCUT2D eigenvalue weighted by Gasteiger charge is -2.25. The highest BCUT2D eigenvalue weighted by Gasteiger charge is 2.26. The SMILES string of the molecule is CC(C)n1cnc2cc(C(=O)NO)ccc2c1=O.CCC(C)Cn1ccc2ccc(C(=O)NO)cc2c1=O.COc1ccc(OCCn2ccc3ccc(C(=O)NO)cc3c2=O)cc1.O=C(CO)c1ccc2ccn(CCOc3cccc(OCc4ccccc4)c3)c(=O)c2c1.O=C(CO)c1ccc2ncn(Cc3cccc(-c4ccc(S(=O)(=O)N5CCCCC5)cc4)c3)c(=O)c2c1. The highest BCUT2D eigenvalue weighted by atomic mass is 32.2. The van der Waals surface area contributed by atoms with E-state index >= 15 is 0 Å². The van der Waals surface area contributed by atoms with E-state index in [0.717, 1.165) is 69.8 Å². The molecule has 10 aromatic carbocycles. The van der Waals surface area contributed by atoms with Crippen molar-refractivity contribution in [2.75, 3.05) is 46.6 Å². The lowest BCUT2D eigenvalue weighted by molar-refractivity contribution is 0.0702. The first-order valence-corrected chi connectivity index (χ1v) is 44.0. The molecule has 5 aromatic heterocycles. The molecule has 1 saturated heterocycles. The van der Waals surface area contributed by atoms with Gasteiger partial charge in [0.05, 0.1) is 66.1 Å². The van der Waals surface area contributed by atoms with Crippen molar-refractivity contribution >= 4 is 93.4 Å². The molecule has 0 radical (unpaired) electrons. The van der Waals surface area contributed by atoms with Gasteiger partial charge >= 0.3 is 0 Å². The number of carbonyl (C=O) groups excluding carboxylic acids is 5. The number of Topliss-reactive ketones (excluding diaryl/α,β-unsaturated/α-hetero) is 2. The summed E-state index contributed by atoms with van der Waals surface area (Å²) < 4.78 is 57.6. The number of sulfonamides is 1. The van der Waals surface area contributed by atoms with Gasteiger partial charge in [0.2, 0.25) is 10.0 Å². The Morgan fingerprint density at radius 2 is 0.910 bits per heavy atom. The molecular weight excluding hydrogens is 1720 g/mol. The molecule has 1 fully saturated rings. The molecule has 0 bridgehead atoms. The number of aromatic nitrogens is 7. The number of fused-ring (bicyclic) bond motifs is 5. The first-order chi connectivity index (χ1) is 64.2. The zero-order valence-electron chi connectivity index (χ0n) is 73.4. The van der Waals surface area contributed by atoms with E-state index in [1.807, 2.05) is 105 Å². The van der Waals surface area contributed by atoms with Gasteiger partial charge in [-0.1, -0.05) is 118 Å². The highest BCUT2D eigenvalue weighted by molar-refractivity contribution is 7.89. The van der Waals surface area contributed by atoms with Crippen LogP contribution in [-0.4, -0.2) is 147 Å². The van der Waals surface area contributed by atoms with Gasteiger partial charge in [0.1, 0.15) is 56.0 Å². The Hall–Kier alpha value is -15.2. The van der Waals surface area contributed by atoms with Crippen LogP contribution >= 0.6 is 0 Å². The third-order valence-corrected chi connectivity index (χ3v) is 24.0. The number of ketones is 2. The Morgan fingerprint density at radius 1 is 0.429 bits per heavy atom. The summed E-state index contributed by atoms with van der Waals surface area (Å²) >= 11 is 0. The fourth-order valence-corrected chi connectivity index (χ4v) is 15.9. The lowest BCUT2D eigenvalue weighted by atomic mass is 10.0. The third-order valence-electron chi connectivity index (χ3n) is 22.1. The molecule has 33 heteroatoms. The van der Waals surface area contributed by atoms with Gasteiger partial charge < -0.3 is 42.9 Å². The number of aliphatic hydroxyl groups is 2. The summed E-state index contributed by atoms with van der Waals surface area (Å²) in [7, 11) is -1.89. The molecule has 3 amide bonds. The molecular formula is C100H99N11O21S. The van der Waals surface area contributed by atoms with E-state index in [-0.39, 0.29) is 62.6 Å². The molecule has 0 saturated carbocycles. The largest absolute Gasteiger partial charge is 0.497 e. The second-order valence-electron chi connectivity index (χ2n) is 31.3. The van der Waals surface area contributed by atoms with Crippen LogP contribution in [0.3, 0.4) is 0 Å². The molecule has 16 rings (SSSR count). The number of aliphatic hydroxyl groups excluding tert-OH is 2. The topological polar surface area (TPSA) is 433 Å². The molecule has 133 heavy (non-hydrogen) atoms. The van der Waals surface area contributed by atoms with E-state index < -0.39 is 52.5 Å². The standard InChI is InChI=1S/C28H27N3O5S.C26H23NO5.C19H18N2O5.C15H18N2O3.C12H13N3O3/c32-18-27(33)23-9-12-26-25(16-23)28(34)30(19-29-26)17-20-5-4-6-22(15-20)21-7-10-24(11-8-21)37(35,36)31-13-2-1-3-14-31;28-17-25(29)21-10-9-20-11-12-27(26(30)24(20)15-21)13-14-31-22-7-4-8-23(16-22)32-18-19-5-2-1-3-6-19;1-25-15-4-6-16(7-5-15)26-11-10-21-9-8-13-2-3-14(18(22)20-24)12-17(13)19(21)23;1-3-10(2)9-17-7-6-11-4-5-12(14(18)16-20)8-13(11)15(17)19;1-7(2)15-6-13-10-5-8(11(16)14-18)3-4-9(10)12(15)17/h4-12,15-16,19,32H,1-3,13-14,17-18H2;1-12,15-16,28H,13-14,17-18H2;2-9,12,24H,10-11H2,1H3,(H,20,22);4-8,10,20H,3,9H2,1-2H3,(H,16,18);3-7,18H,1-2H3,(H,14,16). The number of methoxy groups -OCH3 is 1. The number of ether oxygens (including phenoxy) is 4. The summed E-state index contributed by atoms with van der Waals surface area (Å²) in [5.74, 6) is 0.399.